The van der Waals surface area contributed by atoms with Gasteiger partial charge in [0.05, 0.1) is 11.8 Å². The molecule has 1 heterocycles. The number of halogens is 1. The van der Waals surface area contributed by atoms with E-state index >= 15 is 0 Å². The van der Waals surface area contributed by atoms with Crippen molar-refractivity contribution in [2.75, 3.05) is 5.75 Å². The van der Waals surface area contributed by atoms with E-state index < -0.39 is 0 Å². The van der Waals surface area contributed by atoms with Crippen LogP contribution in [0.3, 0.4) is 0 Å². The molecule has 35 heavy (non-hydrogen) atoms. The molecule has 0 radical (unpaired) electrons. The van der Waals surface area contributed by atoms with E-state index in [2.05, 4.69) is 23.5 Å². The Hall–Kier alpha value is -2.76. The summed E-state index contributed by atoms with van der Waals surface area (Å²) < 4.78 is 0. The third-order valence-corrected chi connectivity index (χ3v) is 8.42. The molecule has 5 rings (SSSR count). The van der Waals surface area contributed by atoms with Gasteiger partial charge in [-0.15, -0.1) is 11.8 Å². The van der Waals surface area contributed by atoms with Crippen molar-refractivity contribution in [1.82, 2.24) is 10.2 Å². The Morgan fingerprint density at radius 3 is 2.49 bits per heavy atom. The lowest BCUT2D eigenvalue weighted by Crippen LogP contribution is -2.28. The number of nitrogens with one attached hydrogen (secondary N) is 1. The topological polar surface area (TPSA) is 49.4 Å². The van der Waals surface area contributed by atoms with Gasteiger partial charge in [-0.1, -0.05) is 54.1 Å². The fraction of sp³-hybridized carbons (Fsp3) is 0.310. The van der Waals surface area contributed by atoms with E-state index in [1.54, 1.807) is 11.8 Å². The minimum atomic E-state index is -0.0880. The molecule has 0 bridgehead atoms. The predicted octanol–water partition coefficient (Wildman–Crippen LogP) is 6.48. The summed E-state index contributed by atoms with van der Waals surface area (Å²) in [6.07, 6.45) is 4.79. The number of hydrogen-bond acceptors (Lipinski definition) is 3. The highest BCUT2D eigenvalue weighted by atomic mass is 35.5. The molecule has 2 aliphatic rings. The molecule has 0 spiro atoms. The van der Waals surface area contributed by atoms with Crippen molar-refractivity contribution < 1.29 is 9.59 Å². The van der Waals surface area contributed by atoms with Crippen LogP contribution in [0.4, 0.5) is 0 Å². The lowest BCUT2D eigenvalue weighted by Gasteiger charge is -2.24. The monoisotopic (exact) mass is 504 g/mol. The number of amides is 2. The maximum atomic E-state index is 12.9. The summed E-state index contributed by atoms with van der Waals surface area (Å²) in [5.74, 6) is 0.490. The molecular formula is C29H29ClN2O2S. The van der Waals surface area contributed by atoms with Gasteiger partial charge < -0.3 is 10.2 Å². The van der Waals surface area contributed by atoms with E-state index in [1.807, 2.05) is 60.4 Å². The fourth-order valence-corrected chi connectivity index (χ4v) is 6.19. The van der Waals surface area contributed by atoms with Crippen LogP contribution in [0.2, 0.25) is 5.02 Å². The summed E-state index contributed by atoms with van der Waals surface area (Å²) >= 11 is 7.62. The van der Waals surface area contributed by atoms with E-state index in [0.717, 1.165) is 29.5 Å². The van der Waals surface area contributed by atoms with Gasteiger partial charge in [-0.3, -0.25) is 9.59 Å². The van der Waals surface area contributed by atoms with E-state index in [-0.39, 0.29) is 23.2 Å². The van der Waals surface area contributed by atoms with Gasteiger partial charge in [0.25, 0.3) is 5.91 Å². The number of rotatable bonds is 6. The highest BCUT2D eigenvalue weighted by molar-refractivity contribution is 8.00. The zero-order valence-corrected chi connectivity index (χ0v) is 21.4. The normalized spacial score (nSPS) is 18.3. The number of hydrogen-bond donors (Lipinski definition) is 1. The summed E-state index contributed by atoms with van der Waals surface area (Å²) in [6, 6.07) is 21.8. The third-order valence-electron chi connectivity index (χ3n) is 6.91. The minimum absolute atomic E-state index is 0.0627. The van der Waals surface area contributed by atoms with Crippen LogP contribution in [-0.4, -0.2) is 22.5 Å². The Morgan fingerprint density at radius 2 is 1.74 bits per heavy atom. The van der Waals surface area contributed by atoms with Gasteiger partial charge in [0.15, 0.2) is 0 Å². The summed E-state index contributed by atoms with van der Waals surface area (Å²) in [6.45, 7) is 2.57. The average Bonchev–Trinajstić information content (AvgIpc) is 3.24. The van der Waals surface area contributed by atoms with Crippen molar-refractivity contribution in [2.24, 2.45) is 0 Å². The summed E-state index contributed by atoms with van der Waals surface area (Å²) in [7, 11) is 0. The summed E-state index contributed by atoms with van der Waals surface area (Å²) in [5.41, 5.74) is 6.71. The lowest BCUT2D eigenvalue weighted by atomic mass is 9.89. The number of nitrogens with zero attached hydrogens (tertiary/aromatic N) is 1. The first kappa shape index (κ1) is 24.0. The summed E-state index contributed by atoms with van der Waals surface area (Å²) in [4.78, 5) is 27.4. The molecule has 1 N–H and O–H groups in total. The maximum absolute atomic E-state index is 12.9. The number of thioether (sulfide) groups is 1. The molecule has 3 aromatic carbocycles. The second kappa shape index (κ2) is 10.5. The molecule has 180 valence electrons. The highest BCUT2D eigenvalue weighted by Crippen LogP contribution is 2.39. The molecule has 0 aromatic heterocycles. The van der Waals surface area contributed by atoms with Crippen molar-refractivity contribution in [3.05, 3.63) is 105 Å². The van der Waals surface area contributed by atoms with Crippen LogP contribution in [0.15, 0.2) is 66.7 Å². The molecule has 6 heteroatoms. The van der Waals surface area contributed by atoms with Crippen LogP contribution < -0.4 is 5.32 Å². The first-order valence-electron chi connectivity index (χ1n) is 12.2. The van der Waals surface area contributed by atoms with E-state index in [9.17, 15) is 9.59 Å². The zero-order valence-electron chi connectivity index (χ0n) is 19.8. The standard InChI is InChI=1S/C29H29ClN2O2S/c1-19(24-13-8-21-4-2-3-5-25(21)16-24)31-28(34)22-9-11-23(12-10-22)29-32(27(33)18-35-29)17-20-6-14-26(30)15-7-20/h6-16,19,29H,2-5,17-18H2,1H3,(H,31,34)/t19-,29+/m1/s1. The molecule has 1 fully saturated rings. The third kappa shape index (κ3) is 5.41. The first-order valence-corrected chi connectivity index (χ1v) is 13.6. The van der Waals surface area contributed by atoms with E-state index in [4.69, 9.17) is 11.6 Å². The van der Waals surface area contributed by atoms with Crippen LogP contribution in [0.25, 0.3) is 0 Å². The van der Waals surface area contributed by atoms with Crippen molar-refractivity contribution in [3.63, 3.8) is 0 Å². The predicted molar refractivity (Wildman–Crippen MR) is 143 cm³/mol. The Bertz CT molecular complexity index is 1230. The Balaban J connectivity index is 1.25. The average molecular weight is 505 g/mol. The number of aryl methyl sites for hydroxylation is 2. The molecule has 0 unspecified atom stereocenters. The Kier molecular flexibility index (Phi) is 7.17. The van der Waals surface area contributed by atoms with Crippen molar-refractivity contribution in [3.8, 4) is 0 Å². The molecular weight excluding hydrogens is 476 g/mol. The van der Waals surface area contributed by atoms with Gasteiger partial charge in [0.1, 0.15) is 5.37 Å². The van der Waals surface area contributed by atoms with Gasteiger partial charge in [-0.05, 0) is 84.7 Å². The van der Waals surface area contributed by atoms with Gasteiger partial charge in [0, 0.05) is 17.1 Å². The van der Waals surface area contributed by atoms with Crippen molar-refractivity contribution in [1.29, 1.82) is 0 Å². The smallest absolute Gasteiger partial charge is 0.251 e. The quantitative estimate of drug-likeness (QED) is 0.417. The number of fused-ring (bicyclic) bond motifs is 1. The SMILES string of the molecule is C[C@@H](NC(=O)c1ccc([C@@H]2SCC(=O)N2Cc2ccc(Cl)cc2)cc1)c1ccc2c(c1)CCCC2. The largest absolute Gasteiger partial charge is 0.346 e. The minimum Gasteiger partial charge on any atom is -0.346 e. The second-order valence-corrected chi connectivity index (χ2v) is 10.9. The number of benzene rings is 3. The number of carbonyl (C=O) groups is 2. The number of carbonyl (C=O) groups excluding carboxylic acids is 2. The van der Waals surface area contributed by atoms with Crippen LogP contribution >= 0.6 is 23.4 Å². The zero-order chi connectivity index (χ0) is 24.4. The van der Waals surface area contributed by atoms with E-state index in [1.165, 1.54) is 24.0 Å². The van der Waals surface area contributed by atoms with Crippen LogP contribution in [0.1, 0.15) is 69.4 Å². The Morgan fingerprint density at radius 1 is 1.03 bits per heavy atom. The molecule has 1 saturated heterocycles. The van der Waals surface area contributed by atoms with Crippen molar-refractivity contribution in [2.45, 2.75) is 50.6 Å². The molecule has 1 aliphatic carbocycles. The highest BCUT2D eigenvalue weighted by Gasteiger charge is 2.32. The maximum Gasteiger partial charge on any atom is 0.251 e. The van der Waals surface area contributed by atoms with Crippen LogP contribution in [0, 0.1) is 0 Å². The van der Waals surface area contributed by atoms with Gasteiger partial charge in [0.2, 0.25) is 5.91 Å². The lowest BCUT2D eigenvalue weighted by molar-refractivity contribution is -0.128. The van der Waals surface area contributed by atoms with Crippen LogP contribution in [-0.2, 0) is 24.2 Å². The fourth-order valence-electron chi connectivity index (χ4n) is 4.87. The molecule has 1 aliphatic heterocycles. The van der Waals surface area contributed by atoms with Gasteiger partial charge >= 0.3 is 0 Å². The Labute approximate surface area is 216 Å². The first-order chi connectivity index (χ1) is 17.0. The molecule has 3 aromatic rings. The van der Waals surface area contributed by atoms with Crippen molar-refractivity contribution >= 4 is 35.2 Å². The van der Waals surface area contributed by atoms with Gasteiger partial charge in [-0.2, -0.15) is 0 Å². The molecule has 2 amide bonds. The van der Waals surface area contributed by atoms with E-state index in [0.29, 0.717) is 22.9 Å². The van der Waals surface area contributed by atoms with Crippen LogP contribution in [0.5, 0.6) is 0 Å². The molecule has 2 atom stereocenters. The second-order valence-electron chi connectivity index (χ2n) is 9.36. The molecule has 4 nitrogen and oxygen atoms in total. The van der Waals surface area contributed by atoms with Gasteiger partial charge in [-0.25, -0.2) is 0 Å². The molecule has 0 saturated carbocycles. The summed E-state index contributed by atoms with van der Waals surface area (Å²) in [5, 5.41) is 3.76.